The number of carbonyl (C=O) groups is 5. The average molecular weight is 591 g/mol. The molecule has 41 heavy (non-hydrogen) atoms. The van der Waals surface area contributed by atoms with Crippen molar-refractivity contribution in [2.45, 2.75) is 105 Å². The third-order valence-electron chi connectivity index (χ3n) is 7.97. The summed E-state index contributed by atoms with van der Waals surface area (Å²) >= 11 is 1.47. The Morgan fingerprint density at radius 2 is 1.76 bits per heavy atom. The van der Waals surface area contributed by atoms with E-state index in [0.29, 0.717) is 19.4 Å². The Labute approximate surface area is 247 Å². The Morgan fingerprint density at radius 3 is 2.29 bits per heavy atom. The van der Waals surface area contributed by atoms with Gasteiger partial charge in [0.15, 0.2) is 0 Å². The van der Waals surface area contributed by atoms with E-state index in [9.17, 15) is 24.0 Å². The third kappa shape index (κ3) is 7.67. The number of alkyl carbamates (subject to hydrolysis) is 1. The summed E-state index contributed by atoms with van der Waals surface area (Å²) in [7, 11) is 0. The number of rotatable bonds is 10. The highest BCUT2D eigenvalue weighted by molar-refractivity contribution is 7.09. The molecule has 10 nitrogen and oxygen atoms in total. The number of Topliss-reactive ketones (excluding diaryl/α,β-unsaturated/α-hetero) is 1. The second kappa shape index (κ2) is 12.1. The van der Waals surface area contributed by atoms with Gasteiger partial charge in [-0.25, -0.2) is 4.79 Å². The molecule has 1 aliphatic carbocycles. The Balaban J connectivity index is 1.78. The number of thiophene rings is 1. The Bertz CT molecular complexity index is 1150. The maximum absolute atomic E-state index is 14.0. The molecule has 1 aliphatic heterocycles. The zero-order valence-electron chi connectivity index (χ0n) is 25.8. The molecule has 1 saturated carbocycles. The summed E-state index contributed by atoms with van der Waals surface area (Å²) in [6.07, 6.45) is 0.157. The van der Waals surface area contributed by atoms with Crippen LogP contribution in [0.3, 0.4) is 0 Å². The van der Waals surface area contributed by atoms with Gasteiger partial charge in [-0.05, 0) is 61.3 Å². The predicted molar refractivity (Wildman–Crippen MR) is 157 cm³/mol. The second-order valence-electron chi connectivity index (χ2n) is 13.8. The number of fused-ring (bicyclic) bond motifs is 1. The van der Waals surface area contributed by atoms with E-state index in [0.717, 1.165) is 4.88 Å². The summed E-state index contributed by atoms with van der Waals surface area (Å²) < 4.78 is 5.41. The van der Waals surface area contributed by atoms with Crippen molar-refractivity contribution in [2.75, 3.05) is 6.54 Å². The van der Waals surface area contributed by atoms with Crippen LogP contribution in [-0.4, -0.2) is 64.8 Å². The van der Waals surface area contributed by atoms with Crippen molar-refractivity contribution < 1.29 is 28.7 Å². The van der Waals surface area contributed by atoms with Crippen LogP contribution in [0.2, 0.25) is 0 Å². The lowest BCUT2D eigenvalue weighted by atomic mass is 9.85. The molecule has 2 aliphatic rings. The number of nitrogens with zero attached hydrogens (tertiary/aromatic N) is 1. The van der Waals surface area contributed by atoms with Gasteiger partial charge in [-0.1, -0.05) is 54.0 Å². The number of ketones is 1. The number of amides is 4. The van der Waals surface area contributed by atoms with Crippen LogP contribution in [0.1, 0.15) is 80.0 Å². The Morgan fingerprint density at radius 1 is 1.10 bits per heavy atom. The number of hydrogen-bond acceptors (Lipinski definition) is 7. The van der Waals surface area contributed by atoms with Gasteiger partial charge in [0.2, 0.25) is 17.6 Å². The van der Waals surface area contributed by atoms with Crippen molar-refractivity contribution >= 4 is 40.9 Å². The average Bonchev–Trinajstić information content (AvgIpc) is 3.29. The van der Waals surface area contributed by atoms with E-state index in [4.69, 9.17) is 4.74 Å². The molecule has 11 heteroatoms. The first-order chi connectivity index (χ1) is 18.9. The normalized spacial score (nSPS) is 22.7. The molecular weight excluding hydrogens is 544 g/mol. The number of carbonyl (C=O) groups excluding carboxylic acids is 5. The minimum atomic E-state index is -1.01. The van der Waals surface area contributed by atoms with Crippen LogP contribution in [0.5, 0.6) is 0 Å². The summed E-state index contributed by atoms with van der Waals surface area (Å²) in [5.41, 5.74) is -1.57. The van der Waals surface area contributed by atoms with E-state index in [1.54, 1.807) is 20.8 Å². The molecule has 4 amide bonds. The van der Waals surface area contributed by atoms with Crippen molar-refractivity contribution in [3.63, 3.8) is 0 Å². The lowest BCUT2D eigenvalue weighted by molar-refractivity contribution is -0.145. The van der Waals surface area contributed by atoms with Gasteiger partial charge in [0.05, 0.1) is 12.6 Å². The van der Waals surface area contributed by atoms with Crippen LogP contribution in [-0.2, 0) is 30.5 Å². The number of nitrogens with one attached hydrogen (secondary N) is 3. The molecule has 0 bridgehead atoms. The SMILES string of the molecule is CCCC(NC(=O)[C@@H]1[C@@H]2[C@H](CN1C(=O)[C@@H](NC(=O)OC(C)(C)C)C(C)(C)C)C2(C)C)C(=O)C(=O)NCc1cccs1. The monoisotopic (exact) mass is 590 g/mol. The molecule has 5 atom stereocenters. The molecule has 0 radical (unpaired) electrons. The van der Waals surface area contributed by atoms with Crippen LogP contribution in [0.4, 0.5) is 4.79 Å². The molecule has 3 N–H and O–H groups in total. The number of likely N-dealkylation sites (tertiary alicyclic amines) is 1. The molecule has 0 aromatic carbocycles. The minimum Gasteiger partial charge on any atom is -0.444 e. The molecule has 1 saturated heterocycles. The maximum atomic E-state index is 14.0. The van der Waals surface area contributed by atoms with Crippen molar-refractivity contribution in [3.8, 4) is 0 Å². The van der Waals surface area contributed by atoms with Gasteiger partial charge in [0.25, 0.3) is 5.91 Å². The van der Waals surface area contributed by atoms with Gasteiger partial charge < -0.3 is 25.6 Å². The number of piperidine rings is 1. The summed E-state index contributed by atoms with van der Waals surface area (Å²) in [6, 6.07) is 0.955. The highest BCUT2D eigenvalue weighted by atomic mass is 32.1. The molecule has 1 aromatic heterocycles. The molecule has 2 heterocycles. The van der Waals surface area contributed by atoms with Crippen molar-refractivity contribution in [1.82, 2.24) is 20.9 Å². The number of hydrogen-bond donors (Lipinski definition) is 3. The first-order valence-electron chi connectivity index (χ1n) is 14.3. The van der Waals surface area contributed by atoms with Crippen LogP contribution in [0.25, 0.3) is 0 Å². The van der Waals surface area contributed by atoms with Gasteiger partial charge in [-0.15, -0.1) is 11.3 Å². The van der Waals surface area contributed by atoms with Crippen LogP contribution >= 0.6 is 11.3 Å². The van der Waals surface area contributed by atoms with Crippen LogP contribution in [0, 0.1) is 22.7 Å². The van der Waals surface area contributed by atoms with Crippen LogP contribution < -0.4 is 16.0 Å². The lowest BCUT2D eigenvalue weighted by Crippen LogP contribution is -2.60. The van der Waals surface area contributed by atoms with E-state index < -0.39 is 52.8 Å². The summed E-state index contributed by atoms with van der Waals surface area (Å²) in [5.74, 6) is -2.29. The fourth-order valence-electron chi connectivity index (χ4n) is 5.69. The van der Waals surface area contributed by atoms with Gasteiger partial charge in [0.1, 0.15) is 17.7 Å². The molecule has 1 aromatic rings. The van der Waals surface area contributed by atoms with E-state index in [1.165, 1.54) is 16.2 Å². The molecule has 0 spiro atoms. The quantitative estimate of drug-likeness (QED) is 0.356. The Hall–Kier alpha value is -2.95. The van der Waals surface area contributed by atoms with Gasteiger partial charge in [0, 0.05) is 11.4 Å². The zero-order chi connectivity index (χ0) is 30.9. The highest BCUT2D eigenvalue weighted by Gasteiger charge is 2.70. The maximum Gasteiger partial charge on any atom is 0.408 e. The molecular formula is C30H46N4O6S. The van der Waals surface area contributed by atoms with E-state index in [1.807, 2.05) is 45.2 Å². The van der Waals surface area contributed by atoms with Gasteiger partial charge in [-0.3, -0.25) is 19.2 Å². The second-order valence-corrected chi connectivity index (χ2v) is 14.8. The number of ether oxygens (including phenoxy) is 1. The topological polar surface area (TPSA) is 134 Å². The predicted octanol–water partition coefficient (Wildman–Crippen LogP) is 3.64. The molecule has 3 rings (SSSR count). The van der Waals surface area contributed by atoms with E-state index >= 15 is 0 Å². The van der Waals surface area contributed by atoms with Crippen molar-refractivity contribution in [2.24, 2.45) is 22.7 Å². The van der Waals surface area contributed by atoms with E-state index in [-0.39, 0.29) is 29.7 Å². The molecule has 228 valence electrons. The zero-order valence-corrected chi connectivity index (χ0v) is 26.6. The van der Waals surface area contributed by atoms with Gasteiger partial charge in [-0.2, -0.15) is 0 Å². The largest absolute Gasteiger partial charge is 0.444 e. The van der Waals surface area contributed by atoms with Crippen molar-refractivity contribution in [1.29, 1.82) is 0 Å². The summed E-state index contributed by atoms with van der Waals surface area (Å²) in [5, 5.41) is 10.1. The minimum absolute atomic E-state index is 0.0985. The smallest absolute Gasteiger partial charge is 0.408 e. The summed E-state index contributed by atoms with van der Waals surface area (Å²) in [6.45, 7) is 17.4. The third-order valence-corrected chi connectivity index (χ3v) is 8.85. The first-order valence-corrected chi connectivity index (χ1v) is 15.2. The lowest BCUT2D eigenvalue weighted by Gasteiger charge is -2.38. The van der Waals surface area contributed by atoms with E-state index in [2.05, 4.69) is 29.8 Å². The first kappa shape index (κ1) is 32.6. The molecule has 1 unspecified atom stereocenters. The van der Waals surface area contributed by atoms with Crippen molar-refractivity contribution in [3.05, 3.63) is 22.4 Å². The Kier molecular flexibility index (Phi) is 9.62. The fourth-order valence-corrected chi connectivity index (χ4v) is 6.34. The highest BCUT2D eigenvalue weighted by Crippen LogP contribution is 2.65. The molecule has 2 fully saturated rings. The van der Waals surface area contributed by atoms with Crippen LogP contribution in [0.15, 0.2) is 17.5 Å². The van der Waals surface area contributed by atoms with Gasteiger partial charge >= 0.3 is 6.09 Å². The summed E-state index contributed by atoms with van der Waals surface area (Å²) in [4.78, 5) is 68.7. The fraction of sp³-hybridized carbons (Fsp3) is 0.700. The standard InChI is InChI=1S/C30H46N4O6S/c1-10-12-19(22(35)25(37)31-15-17-13-11-14-41-17)32-24(36)21-20-18(30(20,8)9)16-34(21)26(38)23(28(2,3)4)33-27(39)40-29(5,6)7/h11,13-14,18-21,23H,10,12,15-16H2,1-9H3,(H,31,37)(H,32,36)(H,33,39)/t18-,19?,20-,21-,23+/m0/s1.